The predicted octanol–water partition coefficient (Wildman–Crippen LogP) is 2.14. The van der Waals surface area contributed by atoms with Crippen molar-refractivity contribution in [1.29, 1.82) is 0 Å². The summed E-state index contributed by atoms with van der Waals surface area (Å²) in [7, 11) is 0. The third-order valence-electron chi connectivity index (χ3n) is 2.35. The normalized spacial score (nSPS) is 10.7. The summed E-state index contributed by atoms with van der Waals surface area (Å²) in [5.74, 6) is -0.928. The fourth-order valence-corrected chi connectivity index (χ4v) is 1.68. The Kier molecular flexibility index (Phi) is 2.41. The lowest BCUT2D eigenvalue weighted by atomic mass is 10.2. The second-order valence-electron chi connectivity index (χ2n) is 3.42. The lowest BCUT2D eigenvalue weighted by Gasteiger charge is -2.01. The SMILES string of the molecule is CCCn1cnc2c(C(=O)O)cccc21. The molecular weight excluding hydrogens is 192 g/mol. The highest BCUT2D eigenvalue weighted by molar-refractivity contribution is 6.00. The van der Waals surface area contributed by atoms with Crippen LogP contribution in [0.15, 0.2) is 24.5 Å². The van der Waals surface area contributed by atoms with Gasteiger partial charge in [0.05, 0.1) is 17.4 Å². The average molecular weight is 204 g/mol. The monoisotopic (exact) mass is 204 g/mol. The van der Waals surface area contributed by atoms with Crippen molar-refractivity contribution in [2.45, 2.75) is 19.9 Å². The molecule has 1 N–H and O–H groups in total. The molecule has 0 aliphatic carbocycles. The largest absolute Gasteiger partial charge is 0.478 e. The molecule has 0 saturated carbocycles. The maximum absolute atomic E-state index is 10.9. The highest BCUT2D eigenvalue weighted by Crippen LogP contribution is 2.17. The number of carboxylic acids is 1. The molecule has 2 aromatic rings. The number of rotatable bonds is 3. The Hall–Kier alpha value is -1.84. The maximum atomic E-state index is 10.9. The zero-order valence-corrected chi connectivity index (χ0v) is 8.47. The van der Waals surface area contributed by atoms with Gasteiger partial charge >= 0.3 is 5.97 Å². The number of aromatic carboxylic acids is 1. The van der Waals surface area contributed by atoms with Crippen LogP contribution in [0, 0.1) is 0 Å². The molecule has 4 nitrogen and oxygen atoms in total. The molecule has 1 aromatic carbocycles. The number of fused-ring (bicyclic) bond motifs is 1. The molecule has 0 saturated heterocycles. The molecule has 0 unspecified atom stereocenters. The summed E-state index contributed by atoms with van der Waals surface area (Å²) in [6.07, 6.45) is 2.70. The summed E-state index contributed by atoms with van der Waals surface area (Å²) in [6.45, 7) is 2.94. The van der Waals surface area contributed by atoms with Crippen LogP contribution in [0.5, 0.6) is 0 Å². The summed E-state index contributed by atoms with van der Waals surface area (Å²) < 4.78 is 1.97. The zero-order valence-electron chi connectivity index (χ0n) is 8.47. The van der Waals surface area contributed by atoms with E-state index in [1.165, 1.54) is 0 Å². The molecule has 0 spiro atoms. The Bertz CT molecular complexity index is 502. The first-order valence-corrected chi connectivity index (χ1v) is 4.91. The number of imidazole rings is 1. The van der Waals surface area contributed by atoms with Gasteiger partial charge in [-0.25, -0.2) is 9.78 Å². The minimum atomic E-state index is -0.928. The molecule has 0 aliphatic heterocycles. The van der Waals surface area contributed by atoms with E-state index in [1.54, 1.807) is 18.5 Å². The number of para-hydroxylation sites is 1. The number of hydrogen-bond acceptors (Lipinski definition) is 2. The van der Waals surface area contributed by atoms with E-state index in [0.29, 0.717) is 5.52 Å². The van der Waals surface area contributed by atoms with Gasteiger partial charge in [-0.3, -0.25) is 0 Å². The summed E-state index contributed by atoms with van der Waals surface area (Å²) in [4.78, 5) is 15.1. The van der Waals surface area contributed by atoms with Crippen LogP contribution in [0.3, 0.4) is 0 Å². The zero-order chi connectivity index (χ0) is 10.8. The van der Waals surface area contributed by atoms with Crippen molar-refractivity contribution < 1.29 is 9.90 Å². The quantitative estimate of drug-likeness (QED) is 0.833. The molecule has 0 atom stereocenters. The van der Waals surface area contributed by atoms with Crippen LogP contribution < -0.4 is 0 Å². The van der Waals surface area contributed by atoms with E-state index >= 15 is 0 Å². The van der Waals surface area contributed by atoms with Crippen molar-refractivity contribution in [3.8, 4) is 0 Å². The van der Waals surface area contributed by atoms with Crippen LogP contribution >= 0.6 is 0 Å². The van der Waals surface area contributed by atoms with Gasteiger partial charge in [0.25, 0.3) is 0 Å². The van der Waals surface area contributed by atoms with Crippen molar-refractivity contribution in [1.82, 2.24) is 9.55 Å². The average Bonchev–Trinajstić information content (AvgIpc) is 2.62. The van der Waals surface area contributed by atoms with Crippen molar-refractivity contribution in [2.24, 2.45) is 0 Å². The smallest absolute Gasteiger partial charge is 0.337 e. The van der Waals surface area contributed by atoms with E-state index in [1.807, 2.05) is 10.6 Å². The van der Waals surface area contributed by atoms with Crippen molar-refractivity contribution in [3.05, 3.63) is 30.1 Å². The highest BCUT2D eigenvalue weighted by Gasteiger charge is 2.11. The maximum Gasteiger partial charge on any atom is 0.337 e. The van der Waals surface area contributed by atoms with Gasteiger partial charge in [0.1, 0.15) is 5.52 Å². The Balaban J connectivity index is 2.63. The van der Waals surface area contributed by atoms with Gasteiger partial charge in [0.2, 0.25) is 0 Å². The van der Waals surface area contributed by atoms with E-state index in [9.17, 15) is 4.79 Å². The molecule has 0 aliphatic rings. The summed E-state index contributed by atoms with van der Waals surface area (Å²) in [5, 5.41) is 8.97. The van der Waals surface area contributed by atoms with Crippen LogP contribution in [0.4, 0.5) is 0 Å². The van der Waals surface area contributed by atoms with E-state index in [2.05, 4.69) is 11.9 Å². The van der Waals surface area contributed by atoms with E-state index in [-0.39, 0.29) is 5.56 Å². The first-order chi connectivity index (χ1) is 7.24. The predicted molar refractivity (Wildman–Crippen MR) is 57.0 cm³/mol. The molecule has 2 rings (SSSR count). The number of aromatic nitrogens is 2. The van der Waals surface area contributed by atoms with Crippen LogP contribution in [0.1, 0.15) is 23.7 Å². The number of hydrogen-bond donors (Lipinski definition) is 1. The molecular formula is C11H12N2O2. The molecule has 4 heteroatoms. The number of aryl methyl sites for hydroxylation is 1. The summed E-state index contributed by atoms with van der Waals surface area (Å²) in [6, 6.07) is 5.22. The molecule has 0 radical (unpaired) electrons. The van der Waals surface area contributed by atoms with Gasteiger partial charge in [-0.2, -0.15) is 0 Å². The van der Waals surface area contributed by atoms with Gasteiger partial charge in [-0.1, -0.05) is 13.0 Å². The van der Waals surface area contributed by atoms with Crippen molar-refractivity contribution in [3.63, 3.8) is 0 Å². The van der Waals surface area contributed by atoms with Crippen molar-refractivity contribution >= 4 is 17.0 Å². The van der Waals surface area contributed by atoms with Gasteiger partial charge in [-0.15, -0.1) is 0 Å². The lowest BCUT2D eigenvalue weighted by Crippen LogP contribution is -1.98. The Morgan fingerprint density at radius 3 is 3.00 bits per heavy atom. The second-order valence-corrected chi connectivity index (χ2v) is 3.42. The standard InChI is InChI=1S/C11H12N2O2/c1-2-6-13-7-12-10-8(11(14)15)4-3-5-9(10)13/h3-5,7H,2,6H2,1H3,(H,14,15). The molecule has 0 amide bonds. The minimum absolute atomic E-state index is 0.266. The summed E-state index contributed by atoms with van der Waals surface area (Å²) in [5.41, 5.74) is 1.72. The Morgan fingerprint density at radius 2 is 2.33 bits per heavy atom. The minimum Gasteiger partial charge on any atom is -0.478 e. The highest BCUT2D eigenvalue weighted by atomic mass is 16.4. The van der Waals surface area contributed by atoms with Gasteiger partial charge in [0, 0.05) is 6.54 Å². The van der Waals surface area contributed by atoms with E-state index < -0.39 is 5.97 Å². The van der Waals surface area contributed by atoms with Gasteiger partial charge < -0.3 is 9.67 Å². The van der Waals surface area contributed by atoms with Crippen molar-refractivity contribution in [2.75, 3.05) is 0 Å². The topological polar surface area (TPSA) is 55.1 Å². The molecule has 1 heterocycles. The van der Waals surface area contributed by atoms with Crippen LogP contribution in [-0.2, 0) is 6.54 Å². The van der Waals surface area contributed by atoms with Gasteiger partial charge in [-0.05, 0) is 18.6 Å². The van der Waals surface area contributed by atoms with Gasteiger partial charge in [0.15, 0.2) is 0 Å². The molecule has 15 heavy (non-hydrogen) atoms. The molecule has 0 bridgehead atoms. The van der Waals surface area contributed by atoms with E-state index in [4.69, 9.17) is 5.11 Å². The van der Waals surface area contributed by atoms with E-state index in [0.717, 1.165) is 18.5 Å². The number of benzene rings is 1. The number of nitrogens with zero attached hydrogens (tertiary/aromatic N) is 2. The third kappa shape index (κ3) is 1.58. The molecule has 78 valence electrons. The second kappa shape index (κ2) is 3.73. The fourth-order valence-electron chi connectivity index (χ4n) is 1.68. The first kappa shape index (κ1) is 9.71. The fraction of sp³-hybridized carbons (Fsp3) is 0.273. The van der Waals surface area contributed by atoms with Crippen LogP contribution in [0.25, 0.3) is 11.0 Å². The molecule has 1 aromatic heterocycles. The van der Waals surface area contributed by atoms with Crippen LogP contribution in [0.2, 0.25) is 0 Å². The molecule has 0 fully saturated rings. The lowest BCUT2D eigenvalue weighted by molar-refractivity contribution is 0.0699. The Labute approximate surface area is 87.2 Å². The first-order valence-electron chi connectivity index (χ1n) is 4.91. The summed E-state index contributed by atoms with van der Waals surface area (Å²) >= 11 is 0. The van der Waals surface area contributed by atoms with Crippen LogP contribution in [-0.4, -0.2) is 20.6 Å². The number of carboxylic acid groups (broad SMARTS) is 1. The Morgan fingerprint density at radius 1 is 1.53 bits per heavy atom. The third-order valence-corrected chi connectivity index (χ3v) is 2.35. The number of carbonyl (C=O) groups is 1.